The first-order valence-corrected chi connectivity index (χ1v) is 11.4. The molecule has 2 heteroatoms. The monoisotopic (exact) mass is 422 g/mol. The van der Waals surface area contributed by atoms with E-state index in [0.717, 1.165) is 0 Å². The van der Waals surface area contributed by atoms with Crippen LogP contribution in [0.4, 0.5) is 0 Å². The fourth-order valence-electron chi connectivity index (χ4n) is 5.42. The molecule has 2 nitrogen and oxygen atoms in total. The SMILES string of the molecule is Cc1cccc(-n2c3ccccc3c3c4c5ccccc5n(-c5ccccc5)c4ccc32)c1. The Balaban J connectivity index is 1.73. The summed E-state index contributed by atoms with van der Waals surface area (Å²) >= 11 is 0. The van der Waals surface area contributed by atoms with Crippen molar-refractivity contribution in [1.82, 2.24) is 9.13 Å². The van der Waals surface area contributed by atoms with E-state index in [-0.39, 0.29) is 0 Å². The summed E-state index contributed by atoms with van der Waals surface area (Å²) < 4.78 is 4.80. The Morgan fingerprint density at radius 2 is 0.939 bits per heavy atom. The van der Waals surface area contributed by atoms with Crippen LogP contribution in [-0.4, -0.2) is 9.13 Å². The number of aromatic nitrogens is 2. The van der Waals surface area contributed by atoms with Gasteiger partial charge in [-0.25, -0.2) is 0 Å². The number of para-hydroxylation sites is 3. The third kappa shape index (κ3) is 2.55. The van der Waals surface area contributed by atoms with Crippen LogP contribution >= 0.6 is 0 Å². The summed E-state index contributed by atoms with van der Waals surface area (Å²) in [6.07, 6.45) is 0. The van der Waals surface area contributed by atoms with Crippen LogP contribution in [0.1, 0.15) is 5.56 Å². The molecule has 2 heterocycles. The Labute approximate surface area is 191 Å². The van der Waals surface area contributed by atoms with Gasteiger partial charge in [-0.15, -0.1) is 0 Å². The molecule has 0 bridgehead atoms. The molecular weight excluding hydrogens is 400 g/mol. The smallest absolute Gasteiger partial charge is 0.0548 e. The summed E-state index contributed by atoms with van der Waals surface area (Å²) in [6.45, 7) is 2.16. The first-order valence-electron chi connectivity index (χ1n) is 11.4. The van der Waals surface area contributed by atoms with Crippen molar-refractivity contribution >= 4 is 43.6 Å². The molecule has 0 saturated heterocycles. The fourth-order valence-corrected chi connectivity index (χ4v) is 5.42. The van der Waals surface area contributed by atoms with Crippen LogP contribution in [0.5, 0.6) is 0 Å². The molecule has 0 N–H and O–H groups in total. The third-order valence-electron chi connectivity index (χ3n) is 6.75. The number of benzene rings is 5. The second-order valence-corrected chi connectivity index (χ2v) is 8.73. The van der Waals surface area contributed by atoms with Crippen LogP contribution in [0.15, 0.2) is 115 Å². The van der Waals surface area contributed by atoms with Gasteiger partial charge in [0.25, 0.3) is 0 Å². The van der Waals surface area contributed by atoms with Gasteiger partial charge < -0.3 is 9.13 Å². The van der Waals surface area contributed by atoms with E-state index in [1.807, 2.05) is 0 Å². The van der Waals surface area contributed by atoms with Gasteiger partial charge in [0.1, 0.15) is 0 Å². The molecule has 0 saturated carbocycles. The van der Waals surface area contributed by atoms with Crippen molar-refractivity contribution in [3.63, 3.8) is 0 Å². The van der Waals surface area contributed by atoms with Crippen LogP contribution in [0.3, 0.4) is 0 Å². The largest absolute Gasteiger partial charge is 0.309 e. The van der Waals surface area contributed by atoms with E-state index < -0.39 is 0 Å². The lowest BCUT2D eigenvalue weighted by molar-refractivity contribution is 1.17. The summed E-state index contributed by atoms with van der Waals surface area (Å²) in [5.74, 6) is 0. The average Bonchev–Trinajstić information content (AvgIpc) is 3.37. The maximum absolute atomic E-state index is 2.41. The zero-order chi connectivity index (χ0) is 21.9. The van der Waals surface area contributed by atoms with Crippen molar-refractivity contribution in [2.24, 2.45) is 0 Å². The molecule has 0 aliphatic rings. The van der Waals surface area contributed by atoms with E-state index in [1.54, 1.807) is 0 Å². The number of hydrogen-bond acceptors (Lipinski definition) is 0. The molecule has 33 heavy (non-hydrogen) atoms. The lowest BCUT2D eigenvalue weighted by atomic mass is 10.1. The van der Waals surface area contributed by atoms with Crippen LogP contribution in [0, 0.1) is 6.92 Å². The van der Waals surface area contributed by atoms with Crippen molar-refractivity contribution in [3.8, 4) is 11.4 Å². The van der Waals surface area contributed by atoms with Crippen molar-refractivity contribution in [1.29, 1.82) is 0 Å². The molecule has 0 spiro atoms. The zero-order valence-corrected chi connectivity index (χ0v) is 18.4. The van der Waals surface area contributed by atoms with Crippen LogP contribution in [0.25, 0.3) is 55.0 Å². The second-order valence-electron chi connectivity index (χ2n) is 8.73. The second kappa shape index (κ2) is 6.85. The first-order chi connectivity index (χ1) is 16.3. The minimum atomic E-state index is 1.19. The van der Waals surface area contributed by atoms with Gasteiger partial charge in [-0.1, -0.05) is 66.7 Å². The van der Waals surface area contributed by atoms with Gasteiger partial charge in [-0.05, 0) is 61.0 Å². The van der Waals surface area contributed by atoms with Gasteiger partial charge in [0, 0.05) is 32.9 Å². The molecule has 0 radical (unpaired) electrons. The van der Waals surface area contributed by atoms with Gasteiger partial charge in [0.2, 0.25) is 0 Å². The molecule has 0 fully saturated rings. The number of nitrogens with zero attached hydrogens (tertiary/aromatic N) is 2. The van der Waals surface area contributed by atoms with Gasteiger partial charge in [0.15, 0.2) is 0 Å². The molecule has 7 aromatic rings. The zero-order valence-electron chi connectivity index (χ0n) is 18.4. The van der Waals surface area contributed by atoms with Gasteiger partial charge in [-0.3, -0.25) is 0 Å². The van der Waals surface area contributed by atoms with Crippen molar-refractivity contribution in [3.05, 3.63) is 121 Å². The molecular formula is C31H22N2. The van der Waals surface area contributed by atoms with Gasteiger partial charge in [-0.2, -0.15) is 0 Å². The summed E-state index contributed by atoms with van der Waals surface area (Å²) in [5, 5.41) is 5.20. The molecule has 0 atom stereocenters. The summed E-state index contributed by atoms with van der Waals surface area (Å²) in [5.41, 5.74) is 8.60. The number of rotatable bonds is 2. The molecule has 5 aromatic carbocycles. The topological polar surface area (TPSA) is 9.86 Å². The van der Waals surface area contributed by atoms with E-state index in [0.29, 0.717) is 0 Å². The van der Waals surface area contributed by atoms with E-state index in [4.69, 9.17) is 0 Å². The highest BCUT2D eigenvalue weighted by atomic mass is 15.0. The van der Waals surface area contributed by atoms with Crippen LogP contribution < -0.4 is 0 Å². The first kappa shape index (κ1) is 18.3. The predicted molar refractivity (Wildman–Crippen MR) is 140 cm³/mol. The van der Waals surface area contributed by atoms with E-state index in [9.17, 15) is 0 Å². The Morgan fingerprint density at radius 3 is 1.55 bits per heavy atom. The molecule has 0 unspecified atom stereocenters. The van der Waals surface area contributed by atoms with Crippen LogP contribution in [0.2, 0.25) is 0 Å². The van der Waals surface area contributed by atoms with Crippen molar-refractivity contribution in [2.45, 2.75) is 6.92 Å². The van der Waals surface area contributed by atoms with Gasteiger partial charge >= 0.3 is 0 Å². The molecule has 156 valence electrons. The Hall–Kier alpha value is -4.30. The fraction of sp³-hybridized carbons (Fsp3) is 0.0323. The molecule has 2 aromatic heterocycles. The van der Waals surface area contributed by atoms with Crippen molar-refractivity contribution < 1.29 is 0 Å². The molecule has 0 amide bonds. The molecule has 0 aliphatic carbocycles. The lowest BCUT2D eigenvalue weighted by Gasteiger charge is -2.09. The quantitative estimate of drug-likeness (QED) is 0.266. The van der Waals surface area contributed by atoms with E-state index >= 15 is 0 Å². The van der Waals surface area contributed by atoms with E-state index in [1.165, 1.54) is 60.5 Å². The summed E-state index contributed by atoms with van der Waals surface area (Å²) in [4.78, 5) is 0. The lowest BCUT2D eigenvalue weighted by Crippen LogP contribution is -1.95. The predicted octanol–water partition coefficient (Wildman–Crippen LogP) is 8.19. The Kier molecular flexibility index (Phi) is 3.80. The standard InChI is InChI=1S/C31H22N2/c1-21-10-9-13-23(20-21)33-27-17-8-6-15-25(27)31-29(33)19-18-28-30(31)24-14-5-7-16-26(24)32(28)22-11-3-2-4-12-22/h2-20H,1H3. The number of aryl methyl sites for hydroxylation is 1. The van der Waals surface area contributed by atoms with Crippen LogP contribution in [-0.2, 0) is 0 Å². The minimum Gasteiger partial charge on any atom is -0.309 e. The maximum Gasteiger partial charge on any atom is 0.0548 e. The van der Waals surface area contributed by atoms with Gasteiger partial charge in [0.05, 0.1) is 22.1 Å². The minimum absolute atomic E-state index is 1.19. The maximum atomic E-state index is 2.41. The summed E-state index contributed by atoms with van der Waals surface area (Å²) in [7, 11) is 0. The average molecular weight is 423 g/mol. The van der Waals surface area contributed by atoms with Crippen molar-refractivity contribution in [2.75, 3.05) is 0 Å². The Bertz CT molecular complexity index is 1820. The normalized spacial score (nSPS) is 11.8. The highest BCUT2D eigenvalue weighted by molar-refractivity contribution is 6.28. The molecule has 0 aliphatic heterocycles. The highest BCUT2D eigenvalue weighted by Gasteiger charge is 2.19. The Morgan fingerprint density at radius 1 is 0.424 bits per heavy atom. The number of hydrogen-bond donors (Lipinski definition) is 0. The number of fused-ring (bicyclic) bond motifs is 7. The molecule has 7 rings (SSSR count). The third-order valence-corrected chi connectivity index (χ3v) is 6.75. The van der Waals surface area contributed by atoms with E-state index in [2.05, 4.69) is 131 Å². The summed E-state index contributed by atoms with van der Waals surface area (Å²) in [6, 6.07) is 41.6. The highest BCUT2D eigenvalue weighted by Crippen LogP contribution is 2.42.